The van der Waals surface area contributed by atoms with Gasteiger partial charge in [-0.15, -0.1) is 0 Å². The van der Waals surface area contributed by atoms with Crippen molar-refractivity contribution in [1.29, 1.82) is 10.5 Å². The summed E-state index contributed by atoms with van der Waals surface area (Å²) in [6.07, 6.45) is 6.28. The molecule has 11 heavy (non-hydrogen) atoms. The summed E-state index contributed by atoms with van der Waals surface area (Å²) in [7, 11) is 0. The minimum absolute atomic E-state index is 0.656. The Balaban J connectivity index is 3.18. The van der Waals surface area contributed by atoms with Crippen molar-refractivity contribution in [2.75, 3.05) is 13.1 Å². The zero-order valence-corrected chi connectivity index (χ0v) is 6.12. The highest BCUT2D eigenvalue weighted by Gasteiger charge is 1.75. The number of hydrogen-bond donors (Lipinski definition) is 1. The van der Waals surface area contributed by atoms with Gasteiger partial charge in [0.05, 0.1) is 12.1 Å². The van der Waals surface area contributed by atoms with Gasteiger partial charge in [-0.05, 0) is 0 Å². The fourth-order valence-corrected chi connectivity index (χ4v) is 0.473. The van der Waals surface area contributed by atoms with Crippen LogP contribution in [0.3, 0.4) is 0 Å². The molecule has 0 rings (SSSR count). The molecule has 0 aliphatic rings. The number of allylic oxidation sites excluding steroid dienone is 2. The standard InChI is InChI=1S/C8H9N3/c9-5-1-3-7-11-8-4-2-6-10/h1-4,11H,7-8H2. The molecular formula is C8H9N3. The van der Waals surface area contributed by atoms with E-state index in [2.05, 4.69) is 5.32 Å². The molecule has 0 fully saturated rings. The van der Waals surface area contributed by atoms with Crippen LogP contribution in [0.1, 0.15) is 0 Å². The van der Waals surface area contributed by atoms with Crippen molar-refractivity contribution in [3.05, 3.63) is 24.3 Å². The molecule has 0 amide bonds. The summed E-state index contributed by atoms with van der Waals surface area (Å²) in [6.45, 7) is 1.31. The van der Waals surface area contributed by atoms with Gasteiger partial charge in [0, 0.05) is 25.2 Å². The molecule has 0 aliphatic heterocycles. The van der Waals surface area contributed by atoms with Crippen LogP contribution >= 0.6 is 0 Å². The largest absolute Gasteiger partial charge is 0.310 e. The predicted molar refractivity (Wildman–Crippen MR) is 42.4 cm³/mol. The molecule has 0 heterocycles. The van der Waals surface area contributed by atoms with Crippen molar-refractivity contribution in [3.63, 3.8) is 0 Å². The van der Waals surface area contributed by atoms with Crippen LogP contribution < -0.4 is 5.32 Å². The second-order valence-electron chi connectivity index (χ2n) is 1.72. The summed E-state index contributed by atoms with van der Waals surface area (Å²) in [5.41, 5.74) is 0. The molecule has 0 unspecified atom stereocenters. The monoisotopic (exact) mass is 147 g/mol. The van der Waals surface area contributed by atoms with Gasteiger partial charge >= 0.3 is 0 Å². The van der Waals surface area contributed by atoms with Gasteiger partial charge < -0.3 is 5.32 Å². The van der Waals surface area contributed by atoms with Crippen molar-refractivity contribution in [2.24, 2.45) is 0 Å². The van der Waals surface area contributed by atoms with Crippen LogP contribution in [-0.4, -0.2) is 13.1 Å². The maximum Gasteiger partial charge on any atom is 0.0909 e. The van der Waals surface area contributed by atoms with E-state index in [1.807, 2.05) is 12.1 Å². The summed E-state index contributed by atoms with van der Waals surface area (Å²) in [5.74, 6) is 0. The molecule has 3 nitrogen and oxygen atoms in total. The van der Waals surface area contributed by atoms with Crippen LogP contribution in [0.2, 0.25) is 0 Å². The lowest BCUT2D eigenvalue weighted by atomic mass is 10.4. The second kappa shape index (κ2) is 8.42. The first-order valence-electron chi connectivity index (χ1n) is 3.21. The smallest absolute Gasteiger partial charge is 0.0909 e. The van der Waals surface area contributed by atoms with E-state index in [4.69, 9.17) is 10.5 Å². The van der Waals surface area contributed by atoms with Crippen molar-refractivity contribution in [2.45, 2.75) is 0 Å². The Bertz CT molecular complexity index is 190. The first kappa shape index (κ1) is 9.42. The van der Waals surface area contributed by atoms with Crippen LogP contribution in [0.25, 0.3) is 0 Å². The molecule has 0 aromatic rings. The molecule has 3 heteroatoms. The van der Waals surface area contributed by atoms with Crippen LogP contribution in [0.15, 0.2) is 24.3 Å². The number of rotatable bonds is 4. The summed E-state index contributed by atoms with van der Waals surface area (Å²) < 4.78 is 0. The number of nitriles is 2. The SMILES string of the molecule is N#CC=CCNCC=CC#N. The van der Waals surface area contributed by atoms with Gasteiger partial charge in [-0.2, -0.15) is 10.5 Å². The van der Waals surface area contributed by atoms with Gasteiger partial charge in [-0.1, -0.05) is 12.2 Å². The molecule has 0 aromatic carbocycles. The minimum atomic E-state index is 0.656. The van der Waals surface area contributed by atoms with Crippen molar-refractivity contribution >= 4 is 0 Å². The molecule has 0 saturated heterocycles. The third kappa shape index (κ3) is 8.42. The van der Waals surface area contributed by atoms with Crippen molar-refractivity contribution in [3.8, 4) is 12.1 Å². The first-order valence-corrected chi connectivity index (χ1v) is 3.21. The highest BCUT2D eigenvalue weighted by molar-refractivity contribution is 5.04. The number of nitrogens with one attached hydrogen (secondary N) is 1. The van der Waals surface area contributed by atoms with Crippen molar-refractivity contribution in [1.82, 2.24) is 5.32 Å². The minimum Gasteiger partial charge on any atom is -0.310 e. The van der Waals surface area contributed by atoms with Gasteiger partial charge in [0.1, 0.15) is 0 Å². The zero-order chi connectivity index (χ0) is 8.36. The van der Waals surface area contributed by atoms with Crippen molar-refractivity contribution < 1.29 is 0 Å². The molecular weight excluding hydrogens is 138 g/mol. The van der Waals surface area contributed by atoms with E-state index in [1.165, 1.54) is 12.2 Å². The molecule has 0 saturated carbocycles. The third-order valence-electron chi connectivity index (χ3n) is 0.909. The van der Waals surface area contributed by atoms with Gasteiger partial charge in [-0.3, -0.25) is 0 Å². The third-order valence-corrected chi connectivity index (χ3v) is 0.909. The Hall–Kier alpha value is -1.58. The lowest BCUT2D eigenvalue weighted by Crippen LogP contribution is -2.12. The maximum absolute atomic E-state index is 8.09. The highest BCUT2D eigenvalue weighted by Crippen LogP contribution is 1.69. The molecule has 0 aliphatic carbocycles. The van der Waals surface area contributed by atoms with E-state index >= 15 is 0 Å². The maximum atomic E-state index is 8.09. The summed E-state index contributed by atoms with van der Waals surface area (Å²) in [5, 5.41) is 19.1. The lowest BCUT2D eigenvalue weighted by molar-refractivity contribution is 0.843. The Kier molecular flexibility index (Phi) is 7.21. The van der Waals surface area contributed by atoms with Gasteiger partial charge in [-0.25, -0.2) is 0 Å². The predicted octanol–water partition coefficient (Wildman–Crippen LogP) is 0.736. The van der Waals surface area contributed by atoms with Crippen LogP contribution in [0.5, 0.6) is 0 Å². The second-order valence-corrected chi connectivity index (χ2v) is 1.72. The van der Waals surface area contributed by atoms with E-state index in [0.29, 0.717) is 13.1 Å². The molecule has 0 spiro atoms. The zero-order valence-electron chi connectivity index (χ0n) is 6.12. The fourth-order valence-electron chi connectivity index (χ4n) is 0.473. The Morgan fingerprint density at radius 2 is 1.45 bits per heavy atom. The van der Waals surface area contributed by atoms with E-state index < -0.39 is 0 Å². The van der Waals surface area contributed by atoms with E-state index in [9.17, 15) is 0 Å². The van der Waals surface area contributed by atoms with Gasteiger partial charge in [0.25, 0.3) is 0 Å². The van der Waals surface area contributed by atoms with E-state index in [-0.39, 0.29) is 0 Å². The summed E-state index contributed by atoms with van der Waals surface area (Å²) >= 11 is 0. The molecule has 1 N–H and O–H groups in total. The normalized spacial score (nSPS) is 10.0. The quantitative estimate of drug-likeness (QED) is 0.471. The van der Waals surface area contributed by atoms with Crippen LogP contribution in [0.4, 0.5) is 0 Å². The number of hydrogen-bond acceptors (Lipinski definition) is 3. The average Bonchev–Trinajstić information content (AvgIpc) is 2.03. The molecule has 56 valence electrons. The van der Waals surface area contributed by atoms with Crippen LogP contribution in [-0.2, 0) is 0 Å². The first-order chi connectivity index (χ1) is 5.41. The van der Waals surface area contributed by atoms with E-state index in [0.717, 1.165) is 0 Å². The summed E-state index contributed by atoms with van der Waals surface area (Å²) in [6, 6.07) is 3.76. The van der Waals surface area contributed by atoms with Crippen LogP contribution in [0, 0.1) is 22.7 Å². The molecule has 0 bridgehead atoms. The molecule has 0 radical (unpaired) electrons. The topological polar surface area (TPSA) is 59.6 Å². The average molecular weight is 147 g/mol. The Morgan fingerprint density at radius 1 is 1.00 bits per heavy atom. The fraction of sp³-hybridized carbons (Fsp3) is 0.250. The summed E-state index contributed by atoms with van der Waals surface area (Å²) in [4.78, 5) is 0. The molecule has 0 atom stereocenters. The van der Waals surface area contributed by atoms with E-state index in [1.54, 1.807) is 12.2 Å². The number of nitrogens with zero attached hydrogens (tertiary/aromatic N) is 2. The van der Waals surface area contributed by atoms with Gasteiger partial charge in [0.2, 0.25) is 0 Å². The highest BCUT2D eigenvalue weighted by atomic mass is 14.8. The Morgan fingerprint density at radius 3 is 1.82 bits per heavy atom. The van der Waals surface area contributed by atoms with Gasteiger partial charge in [0.15, 0.2) is 0 Å². The lowest BCUT2D eigenvalue weighted by Gasteiger charge is -1.91. The Labute approximate surface area is 66.2 Å². The molecule has 0 aromatic heterocycles.